The molecule has 0 saturated heterocycles. The summed E-state index contributed by atoms with van der Waals surface area (Å²) in [7, 11) is 1.67. The van der Waals surface area contributed by atoms with Crippen LogP contribution in [0.3, 0.4) is 0 Å². The monoisotopic (exact) mass is 265 g/mol. The molecule has 3 N–H and O–H groups in total. The van der Waals surface area contributed by atoms with Crippen LogP contribution in [0.25, 0.3) is 0 Å². The largest absolute Gasteiger partial charge is 0.395 e. The van der Waals surface area contributed by atoms with Gasteiger partial charge in [0.15, 0.2) is 0 Å². The molecule has 0 atom stereocenters. The van der Waals surface area contributed by atoms with Crippen LogP contribution >= 0.6 is 11.6 Å². The number of halogens is 1. The van der Waals surface area contributed by atoms with Gasteiger partial charge in [0.05, 0.1) is 23.3 Å². The summed E-state index contributed by atoms with van der Waals surface area (Å²) in [6.07, 6.45) is 1.47. The van der Waals surface area contributed by atoms with E-state index in [1.54, 1.807) is 26.1 Å². The molecule has 0 spiro atoms. The number of nitrogens with two attached hydrogens (primary N) is 1. The van der Waals surface area contributed by atoms with Gasteiger partial charge in [-0.2, -0.15) is 5.10 Å². The number of hydrogen-bond donors (Lipinski definition) is 2. The average Bonchev–Trinajstić information content (AvgIpc) is 2.56. The predicted molar refractivity (Wildman–Crippen MR) is 69.6 cm³/mol. The molecule has 0 unspecified atom stereocenters. The van der Waals surface area contributed by atoms with E-state index in [4.69, 9.17) is 17.3 Å². The van der Waals surface area contributed by atoms with Gasteiger partial charge in [0.2, 0.25) is 0 Å². The number of amides is 1. The Balaban J connectivity index is 2.24. The van der Waals surface area contributed by atoms with Gasteiger partial charge in [0.25, 0.3) is 5.91 Å². The number of carbonyl (C=O) groups is 1. The van der Waals surface area contributed by atoms with E-state index in [0.717, 1.165) is 0 Å². The van der Waals surface area contributed by atoms with Gasteiger partial charge in [-0.1, -0.05) is 11.6 Å². The molecular formula is C11H12ClN5O. The first-order valence-corrected chi connectivity index (χ1v) is 5.59. The second kappa shape index (κ2) is 4.66. The summed E-state index contributed by atoms with van der Waals surface area (Å²) in [6, 6.07) is 3.25. The molecule has 18 heavy (non-hydrogen) atoms. The van der Waals surface area contributed by atoms with Crippen LogP contribution in [-0.2, 0) is 7.05 Å². The zero-order valence-electron chi connectivity index (χ0n) is 9.94. The Hall–Kier alpha value is -2.08. The lowest BCUT2D eigenvalue weighted by Gasteiger charge is -2.05. The summed E-state index contributed by atoms with van der Waals surface area (Å²) in [5.74, 6) is -0.334. The lowest BCUT2D eigenvalue weighted by Crippen LogP contribution is -2.17. The number of nitrogen functional groups attached to an aromatic ring is 1. The Bertz CT molecular complexity index is 590. The molecule has 0 radical (unpaired) electrons. The Morgan fingerprint density at radius 3 is 2.72 bits per heavy atom. The van der Waals surface area contributed by atoms with Crippen LogP contribution in [0.15, 0.2) is 18.3 Å². The topological polar surface area (TPSA) is 85.8 Å². The van der Waals surface area contributed by atoms with Crippen molar-refractivity contribution < 1.29 is 4.79 Å². The van der Waals surface area contributed by atoms with Gasteiger partial charge in [-0.3, -0.25) is 9.48 Å². The van der Waals surface area contributed by atoms with Gasteiger partial charge in [-0.25, -0.2) is 4.98 Å². The number of aryl methyl sites for hydroxylation is 2. The third-order valence-electron chi connectivity index (χ3n) is 2.47. The second-order valence-electron chi connectivity index (χ2n) is 3.80. The molecule has 6 nitrogen and oxygen atoms in total. The fourth-order valence-electron chi connectivity index (χ4n) is 1.58. The van der Waals surface area contributed by atoms with Crippen LogP contribution in [-0.4, -0.2) is 20.7 Å². The fourth-order valence-corrected chi connectivity index (χ4v) is 1.70. The van der Waals surface area contributed by atoms with Crippen LogP contribution in [0, 0.1) is 6.92 Å². The molecule has 0 aliphatic rings. The normalized spacial score (nSPS) is 10.4. The van der Waals surface area contributed by atoms with Gasteiger partial charge >= 0.3 is 0 Å². The highest BCUT2D eigenvalue weighted by Crippen LogP contribution is 2.17. The van der Waals surface area contributed by atoms with E-state index in [2.05, 4.69) is 15.4 Å². The molecule has 1 amide bonds. The lowest BCUT2D eigenvalue weighted by atomic mass is 10.3. The molecule has 0 aliphatic heterocycles. The van der Waals surface area contributed by atoms with Crippen molar-refractivity contribution in [1.29, 1.82) is 0 Å². The molecule has 0 saturated carbocycles. The van der Waals surface area contributed by atoms with Crippen LogP contribution < -0.4 is 11.1 Å². The standard InChI is InChI=1S/C11H12ClN5O/c1-6-9(13)10(17(2)16-6)11(18)15-7-3-4-8(12)14-5-7/h3-5H,13H2,1-2H3,(H,15,18). The predicted octanol–water partition coefficient (Wildman–Crippen LogP) is 1.61. The number of anilines is 2. The summed E-state index contributed by atoms with van der Waals surface area (Å²) >= 11 is 5.66. The highest BCUT2D eigenvalue weighted by molar-refractivity contribution is 6.29. The Kier molecular flexibility index (Phi) is 3.20. The minimum atomic E-state index is -0.334. The zero-order chi connectivity index (χ0) is 13.3. The van der Waals surface area contributed by atoms with E-state index in [-0.39, 0.29) is 5.91 Å². The number of pyridine rings is 1. The number of nitrogens with zero attached hydrogens (tertiary/aromatic N) is 3. The molecule has 7 heteroatoms. The fraction of sp³-hybridized carbons (Fsp3) is 0.182. The summed E-state index contributed by atoms with van der Waals surface area (Å²) < 4.78 is 1.45. The summed E-state index contributed by atoms with van der Waals surface area (Å²) in [6.45, 7) is 1.75. The van der Waals surface area contributed by atoms with Crippen molar-refractivity contribution >= 4 is 28.9 Å². The molecule has 0 aliphatic carbocycles. The summed E-state index contributed by atoms with van der Waals surface area (Å²) in [5.41, 5.74) is 7.66. The van der Waals surface area contributed by atoms with E-state index in [9.17, 15) is 4.79 Å². The Labute approximate surface area is 109 Å². The van der Waals surface area contributed by atoms with Crippen molar-refractivity contribution in [3.63, 3.8) is 0 Å². The lowest BCUT2D eigenvalue weighted by molar-refractivity contribution is 0.101. The highest BCUT2D eigenvalue weighted by atomic mass is 35.5. The minimum absolute atomic E-state index is 0.322. The van der Waals surface area contributed by atoms with Crippen LogP contribution in [0.5, 0.6) is 0 Å². The van der Waals surface area contributed by atoms with Crippen molar-refractivity contribution in [3.8, 4) is 0 Å². The number of carbonyl (C=O) groups excluding carboxylic acids is 1. The summed E-state index contributed by atoms with van der Waals surface area (Å²) in [4.78, 5) is 15.9. The zero-order valence-corrected chi connectivity index (χ0v) is 10.7. The number of aromatic nitrogens is 3. The van der Waals surface area contributed by atoms with E-state index >= 15 is 0 Å². The van der Waals surface area contributed by atoms with Crippen molar-refractivity contribution in [3.05, 3.63) is 34.9 Å². The number of rotatable bonds is 2. The highest BCUT2D eigenvalue weighted by Gasteiger charge is 2.17. The smallest absolute Gasteiger partial charge is 0.276 e. The molecule has 2 rings (SSSR count). The Morgan fingerprint density at radius 2 is 2.22 bits per heavy atom. The molecule has 0 bridgehead atoms. The minimum Gasteiger partial charge on any atom is -0.395 e. The number of hydrogen-bond acceptors (Lipinski definition) is 4. The van der Waals surface area contributed by atoms with E-state index in [0.29, 0.717) is 27.9 Å². The van der Waals surface area contributed by atoms with E-state index < -0.39 is 0 Å². The van der Waals surface area contributed by atoms with Gasteiger partial charge < -0.3 is 11.1 Å². The van der Waals surface area contributed by atoms with Crippen molar-refractivity contribution in [1.82, 2.24) is 14.8 Å². The van der Waals surface area contributed by atoms with Crippen molar-refractivity contribution in [2.45, 2.75) is 6.92 Å². The maximum absolute atomic E-state index is 12.0. The second-order valence-corrected chi connectivity index (χ2v) is 4.18. The van der Waals surface area contributed by atoms with Gasteiger partial charge in [-0.05, 0) is 19.1 Å². The molecule has 2 aromatic heterocycles. The Morgan fingerprint density at radius 1 is 1.50 bits per heavy atom. The van der Waals surface area contributed by atoms with Crippen LogP contribution in [0.1, 0.15) is 16.2 Å². The number of nitrogens with one attached hydrogen (secondary N) is 1. The van der Waals surface area contributed by atoms with Crippen LogP contribution in [0.2, 0.25) is 5.15 Å². The maximum Gasteiger partial charge on any atom is 0.276 e. The van der Waals surface area contributed by atoms with E-state index in [1.165, 1.54) is 10.9 Å². The molecule has 0 aromatic carbocycles. The first kappa shape index (κ1) is 12.4. The van der Waals surface area contributed by atoms with Crippen LogP contribution in [0.4, 0.5) is 11.4 Å². The molecule has 0 fully saturated rings. The molecule has 2 aromatic rings. The van der Waals surface area contributed by atoms with Crippen molar-refractivity contribution in [2.24, 2.45) is 7.05 Å². The first-order valence-electron chi connectivity index (χ1n) is 5.21. The average molecular weight is 266 g/mol. The van der Waals surface area contributed by atoms with Crippen molar-refractivity contribution in [2.75, 3.05) is 11.1 Å². The quantitative estimate of drug-likeness (QED) is 0.808. The third kappa shape index (κ3) is 2.28. The molecular weight excluding hydrogens is 254 g/mol. The summed E-state index contributed by atoms with van der Waals surface area (Å²) in [5, 5.41) is 7.13. The molecule has 94 valence electrons. The SMILES string of the molecule is Cc1nn(C)c(C(=O)Nc2ccc(Cl)nc2)c1N. The maximum atomic E-state index is 12.0. The first-order chi connectivity index (χ1) is 8.49. The van der Waals surface area contributed by atoms with Gasteiger partial charge in [-0.15, -0.1) is 0 Å². The van der Waals surface area contributed by atoms with E-state index in [1.807, 2.05) is 0 Å². The van der Waals surface area contributed by atoms with Gasteiger partial charge in [0.1, 0.15) is 10.8 Å². The van der Waals surface area contributed by atoms with Gasteiger partial charge in [0, 0.05) is 7.05 Å². The third-order valence-corrected chi connectivity index (χ3v) is 2.69. The molecule has 2 heterocycles.